The Kier molecular flexibility index (Phi) is 5.41. The molecule has 1 aliphatic rings. The fourth-order valence-corrected chi connectivity index (χ4v) is 3.47. The van der Waals surface area contributed by atoms with E-state index in [9.17, 15) is 9.90 Å². The van der Waals surface area contributed by atoms with Crippen LogP contribution in [-0.2, 0) is 0 Å². The number of nitrogens with one attached hydrogen (secondary N) is 1. The van der Waals surface area contributed by atoms with Crippen LogP contribution < -0.4 is 16.0 Å². The zero-order valence-corrected chi connectivity index (χ0v) is 13.4. The Bertz CT molecular complexity index is 491. The summed E-state index contributed by atoms with van der Waals surface area (Å²) in [5.74, 6) is 0.474. The number of nitrogens with zero attached hydrogens (tertiary/aromatic N) is 2. The average molecular weight is 312 g/mol. The van der Waals surface area contributed by atoms with Gasteiger partial charge in [0, 0.05) is 20.1 Å². The number of hydrogen-bond acceptors (Lipinski definition) is 6. The number of amides is 1. The molecule has 0 spiro atoms. The highest BCUT2D eigenvalue weighted by atomic mass is 32.1. The smallest absolute Gasteiger partial charge is 0.265 e. The van der Waals surface area contributed by atoms with Crippen LogP contribution in [0.4, 0.5) is 10.9 Å². The third-order valence-corrected chi connectivity index (χ3v) is 5.14. The van der Waals surface area contributed by atoms with E-state index in [0.717, 1.165) is 37.4 Å². The lowest BCUT2D eigenvalue weighted by Gasteiger charge is -2.25. The molecule has 4 N–H and O–H groups in total. The molecule has 2 unspecified atom stereocenters. The van der Waals surface area contributed by atoms with Crippen LogP contribution in [-0.4, -0.2) is 42.2 Å². The minimum Gasteiger partial charge on any atom is -0.393 e. The Morgan fingerprint density at radius 1 is 1.57 bits per heavy atom. The van der Waals surface area contributed by atoms with Crippen molar-refractivity contribution in [1.82, 2.24) is 10.3 Å². The standard InChI is InChI=1S/C14H24N4O2S/c1-3-18(2)14-17-12(15)11(21-14)13(20)16-8-9-5-4-6-10(19)7-9/h9-10,19H,3-8,15H2,1-2H3,(H,16,20). The third-order valence-electron chi connectivity index (χ3n) is 3.96. The van der Waals surface area contributed by atoms with E-state index in [1.165, 1.54) is 11.3 Å². The number of thiazole rings is 1. The van der Waals surface area contributed by atoms with Gasteiger partial charge in [0.2, 0.25) is 0 Å². The summed E-state index contributed by atoms with van der Waals surface area (Å²) < 4.78 is 0. The Balaban J connectivity index is 1.92. The van der Waals surface area contributed by atoms with Crippen molar-refractivity contribution in [3.05, 3.63) is 4.88 Å². The van der Waals surface area contributed by atoms with Gasteiger partial charge in [-0.1, -0.05) is 17.8 Å². The van der Waals surface area contributed by atoms with E-state index in [1.54, 1.807) is 0 Å². The fraction of sp³-hybridized carbons (Fsp3) is 0.714. The Labute approximate surface area is 129 Å². The van der Waals surface area contributed by atoms with E-state index in [-0.39, 0.29) is 17.8 Å². The maximum atomic E-state index is 12.2. The third kappa shape index (κ3) is 4.07. The molecule has 1 amide bonds. The van der Waals surface area contributed by atoms with Crippen LogP contribution in [0.2, 0.25) is 0 Å². The van der Waals surface area contributed by atoms with Crippen LogP contribution in [0.1, 0.15) is 42.3 Å². The molecule has 1 aromatic rings. The summed E-state index contributed by atoms with van der Waals surface area (Å²) in [7, 11) is 1.92. The minimum absolute atomic E-state index is 0.166. The van der Waals surface area contributed by atoms with Crippen LogP contribution in [0, 0.1) is 5.92 Å². The summed E-state index contributed by atoms with van der Waals surface area (Å²) in [5, 5.41) is 13.3. The number of nitrogen functional groups attached to an aromatic ring is 1. The predicted octanol–water partition coefficient (Wildman–Crippen LogP) is 1.46. The van der Waals surface area contributed by atoms with Crippen LogP contribution in [0.25, 0.3) is 0 Å². The zero-order chi connectivity index (χ0) is 15.4. The largest absolute Gasteiger partial charge is 0.393 e. The first kappa shape index (κ1) is 16.0. The minimum atomic E-state index is -0.223. The van der Waals surface area contributed by atoms with Gasteiger partial charge in [-0.05, 0) is 32.1 Å². The van der Waals surface area contributed by atoms with Gasteiger partial charge in [-0.3, -0.25) is 4.79 Å². The van der Waals surface area contributed by atoms with Gasteiger partial charge in [-0.2, -0.15) is 0 Å². The first-order valence-electron chi connectivity index (χ1n) is 7.45. The van der Waals surface area contributed by atoms with Crippen molar-refractivity contribution in [3.8, 4) is 0 Å². The molecular weight excluding hydrogens is 288 g/mol. The number of rotatable bonds is 5. The monoisotopic (exact) mass is 312 g/mol. The molecule has 0 bridgehead atoms. The number of carbonyl (C=O) groups excluding carboxylic acids is 1. The number of nitrogens with two attached hydrogens (primary N) is 1. The van der Waals surface area contributed by atoms with Gasteiger partial charge >= 0.3 is 0 Å². The number of aromatic nitrogens is 1. The Hall–Kier alpha value is -1.34. The molecule has 21 heavy (non-hydrogen) atoms. The van der Waals surface area contributed by atoms with Gasteiger partial charge in [0.15, 0.2) is 5.13 Å². The normalized spacial score (nSPS) is 22.0. The summed E-state index contributed by atoms with van der Waals surface area (Å²) >= 11 is 1.32. The van der Waals surface area contributed by atoms with Crippen molar-refractivity contribution in [2.45, 2.75) is 38.7 Å². The molecule has 1 heterocycles. The van der Waals surface area contributed by atoms with Gasteiger partial charge in [-0.15, -0.1) is 0 Å². The van der Waals surface area contributed by atoms with Gasteiger partial charge < -0.3 is 21.1 Å². The number of aliphatic hydroxyl groups is 1. The van der Waals surface area contributed by atoms with E-state index in [4.69, 9.17) is 5.73 Å². The molecule has 0 aromatic carbocycles. The number of aliphatic hydroxyl groups excluding tert-OH is 1. The summed E-state index contributed by atoms with van der Waals surface area (Å²) in [6, 6.07) is 0. The van der Waals surface area contributed by atoms with Crippen molar-refractivity contribution >= 4 is 28.2 Å². The molecule has 0 aliphatic heterocycles. The molecule has 2 atom stereocenters. The van der Waals surface area contributed by atoms with Crippen molar-refractivity contribution < 1.29 is 9.90 Å². The van der Waals surface area contributed by atoms with E-state index in [2.05, 4.69) is 10.3 Å². The quantitative estimate of drug-likeness (QED) is 0.765. The number of anilines is 2. The summed E-state index contributed by atoms with van der Waals surface area (Å²) in [6.07, 6.45) is 3.50. The second kappa shape index (κ2) is 7.09. The van der Waals surface area contributed by atoms with Crippen LogP contribution in [0.3, 0.4) is 0 Å². The summed E-state index contributed by atoms with van der Waals surface area (Å²) in [4.78, 5) is 18.9. The summed E-state index contributed by atoms with van der Waals surface area (Å²) in [6.45, 7) is 3.42. The SMILES string of the molecule is CCN(C)c1nc(N)c(C(=O)NCC2CCCC(O)C2)s1. The molecule has 7 heteroatoms. The molecule has 1 aromatic heterocycles. The Morgan fingerprint density at radius 2 is 2.33 bits per heavy atom. The molecule has 1 saturated carbocycles. The molecule has 0 saturated heterocycles. The topological polar surface area (TPSA) is 91.5 Å². The van der Waals surface area contributed by atoms with Crippen molar-refractivity contribution in [3.63, 3.8) is 0 Å². The maximum absolute atomic E-state index is 12.2. The average Bonchev–Trinajstić information content (AvgIpc) is 2.86. The highest BCUT2D eigenvalue weighted by molar-refractivity contribution is 7.18. The van der Waals surface area contributed by atoms with E-state index in [1.807, 2.05) is 18.9 Å². The van der Waals surface area contributed by atoms with Crippen LogP contribution in [0.15, 0.2) is 0 Å². The first-order valence-corrected chi connectivity index (χ1v) is 8.26. The molecular formula is C14H24N4O2S. The lowest BCUT2D eigenvalue weighted by atomic mass is 9.87. The van der Waals surface area contributed by atoms with Crippen LogP contribution >= 0.6 is 11.3 Å². The van der Waals surface area contributed by atoms with Gasteiger partial charge in [0.05, 0.1) is 6.10 Å². The fourth-order valence-electron chi connectivity index (χ4n) is 2.55. The van der Waals surface area contributed by atoms with Gasteiger partial charge in [0.25, 0.3) is 5.91 Å². The first-order chi connectivity index (χ1) is 10.0. The van der Waals surface area contributed by atoms with Crippen molar-refractivity contribution in [2.75, 3.05) is 30.8 Å². The second-order valence-electron chi connectivity index (χ2n) is 5.62. The molecule has 2 rings (SSSR count). The van der Waals surface area contributed by atoms with E-state index >= 15 is 0 Å². The van der Waals surface area contributed by atoms with E-state index in [0.29, 0.717) is 17.3 Å². The maximum Gasteiger partial charge on any atom is 0.265 e. The predicted molar refractivity (Wildman–Crippen MR) is 85.8 cm³/mol. The van der Waals surface area contributed by atoms with Crippen molar-refractivity contribution in [2.24, 2.45) is 5.92 Å². The summed E-state index contributed by atoms with van der Waals surface area (Å²) in [5.41, 5.74) is 5.84. The molecule has 1 aliphatic carbocycles. The number of hydrogen-bond donors (Lipinski definition) is 3. The highest BCUT2D eigenvalue weighted by Gasteiger charge is 2.22. The molecule has 0 radical (unpaired) electrons. The van der Waals surface area contributed by atoms with Crippen molar-refractivity contribution in [1.29, 1.82) is 0 Å². The Morgan fingerprint density at radius 3 is 3.00 bits per heavy atom. The lowest BCUT2D eigenvalue weighted by molar-refractivity contribution is 0.0877. The highest BCUT2D eigenvalue weighted by Crippen LogP contribution is 2.28. The molecule has 118 valence electrons. The van der Waals surface area contributed by atoms with Gasteiger partial charge in [-0.25, -0.2) is 4.98 Å². The molecule has 1 fully saturated rings. The van der Waals surface area contributed by atoms with Gasteiger partial charge in [0.1, 0.15) is 10.7 Å². The van der Waals surface area contributed by atoms with Crippen LogP contribution in [0.5, 0.6) is 0 Å². The molecule has 6 nitrogen and oxygen atoms in total. The second-order valence-corrected chi connectivity index (χ2v) is 6.60. The van der Waals surface area contributed by atoms with E-state index < -0.39 is 0 Å². The zero-order valence-electron chi connectivity index (χ0n) is 12.6. The lowest BCUT2D eigenvalue weighted by Crippen LogP contribution is -2.32. The number of carbonyl (C=O) groups is 1.